The van der Waals surface area contributed by atoms with E-state index in [4.69, 9.17) is 4.74 Å². The Bertz CT molecular complexity index is 483. The molecule has 0 N–H and O–H groups in total. The van der Waals surface area contributed by atoms with Gasteiger partial charge in [-0.25, -0.2) is 0 Å². The first kappa shape index (κ1) is 10.7. The van der Waals surface area contributed by atoms with Gasteiger partial charge >= 0.3 is 0 Å². The zero-order chi connectivity index (χ0) is 11.5. The van der Waals surface area contributed by atoms with Gasteiger partial charge in [0.25, 0.3) is 0 Å². The smallest absolute Gasteiger partial charge is 0.127 e. The average Bonchev–Trinajstić information content (AvgIpc) is 2.27. The Morgan fingerprint density at radius 2 is 1.44 bits per heavy atom. The summed E-state index contributed by atoms with van der Waals surface area (Å²) in [4.78, 5) is 0. The first-order valence-electron chi connectivity index (χ1n) is 5.32. The summed E-state index contributed by atoms with van der Waals surface area (Å²) in [5, 5.41) is 0. The van der Waals surface area contributed by atoms with Crippen LogP contribution >= 0.6 is 0 Å². The lowest BCUT2D eigenvalue weighted by molar-refractivity contribution is 0.482. The molecule has 1 nitrogen and oxygen atoms in total. The van der Waals surface area contributed by atoms with Gasteiger partial charge in [-0.05, 0) is 61.7 Å². The molecule has 16 heavy (non-hydrogen) atoms. The van der Waals surface area contributed by atoms with Crippen LogP contribution in [0.5, 0.6) is 11.5 Å². The summed E-state index contributed by atoms with van der Waals surface area (Å²) in [6.07, 6.45) is 0. The van der Waals surface area contributed by atoms with E-state index in [2.05, 4.69) is 26.8 Å². The second-order valence-corrected chi connectivity index (χ2v) is 3.99. The summed E-state index contributed by atoms with van der Waals surface area (Å²) in [5.41, 5.74) is 3.51. The molecule has 2 rings (SSSR count). The molecule has 0 spiro atoms. The van der Waals surface area contributed by atoms with Gasteiger partial charge in [-0.15, -0.1) is 0 Å². The number of hydrogen-bond donors (Lipinski definition) is 0. The van der Waals surface area contributed by atoms with Gasteiger partial charge in [-0.2, -0.15) is 0 Å². The van der Waals surface area contributed by atoms with E-state index >= 15 is 0 Å². The first-order valence-corrected chi connectivity index (χ1v) is 5.32. The van der Waals surface area contributed by atoms with E-state index in [0.29, 0.717) is 0 Å². The van der Waals surface area contributed by atoms with Gasteiger partial charge in [-0.1, -0.05) is 18.2 Å². The molecule has 0 heterocycles. The van der Waals surface area contributed by atoms with E-state index in [-0.39, 0.29) is 0 Å². The Labute approximate surface area is 96.7 Å². The molecule has 1 heteroatoms. The average molecular weight is 211 g/mol. The van der Waals surface area contributed by atoms with Gasteiger partial charge in [0.1, 0.15) is 11.5 Å². The molecular weight excluding hydrogens is 196 g/mol. The lowest BCUT2D eigenvalue weighted by Crippen LogP contribution is -1.86. The molecule has 0 fully saturated rings. The maximum atomic E-state index is 5.74. The molecule has 81 valence electrons. The van der Waals surface area contributed by atoms with Crippen molar-refractivity contribution in [3.8, 4) is 11.5 Å². The van der Waals surface area contributed by atoms with E-state index in [1.165, 1.54) is 11.1 Å². The number of rotatable bonds is 2. The fraction of sp³-hybridized carbons (Fsp3) is 0.133. The minimum atomic E-state index is 0.843. The molecule has 0 aliphatic rings. The molecule has 0 aromatic heterocycles. The maximum absolute atomic E-state index is 5.74. The third kappa shape index (κ3) is 2.43. The third-order valence-corrected chi connectivity index (χ3v) is 2.64. The topological polar surface area (TPSA) is 9.23 Å². The van der Waals surface area contributed by atoms with Crippen molar-refractivity contribution in [3.63, 3.8) is 0 Å². The third-order valence-electron chi connectivity index (χ3n) is 2.64. The summed E-state index contributed by atoms with van der Waals surface area (Å²) < 4.78 is 5.74. The highest BCUT2D eigenvalue weighted by Gasteiger charge is 1.99. The molecular formula is C15H15O. The number of aryl methyl sites for hydroxylation is 2. The summed E-state index contributed by atoms with van der Waals surface area (Å²) in [5.74, 6) is 1.72. The fourth-order valence-corrected chi connectivity index (χ4v) is 1.47. The Morgan fingerprint density at radius 3 is 2.06 bits per heavy atom. The predicted molar refractivity (Wildman–Crippen MR) is 66.9 cm³/mol. The minimum absolute atomic E-state index is 0.843. The van der Waals surface area contributed by atoms with Crippen LogP contribution in [0.1, 0.15) is 16.7 Å². The summed E-state index contributed by atoms with van der Waals surface area (Å²) in [6.45, 7) is 8.02. The van der Waals surface area contributed by atoms with Crippen molar-refractivity contribution >= 4 is 0 Å². The summed E-state index contributed by atoms with van der Waals surface area (Å²) >= 11 is 0. The van der Waals surface area contributed by atoms with Crippen LogP contribution in [0.25, 0.3) is 0 Å². The van der Waals surface area contributed by atoms with Gasteiger partial charge in [-0.3, -0.25) is 0 Å². The molecule has 2 aromatic carbocycles. The second kappa shape index (κ2) is 4.40. The van der Waals surface area contributed by atoms with Gasteiger partial charge in [0.2, 0.25) is 0 Å². The molecule has 0 atom stereocenters. The van der Waals surface area contributed by atoms with E-state index < -0.39 is 0 Å². The van der Waals surface area contributed by atoms with Crippen LogP contribution in [0.15, 0.2) is 42.5 Å². The van der Waals surface area contributed by atoms with Crippen LogP contribution in [0, 0.1) is 20.8 Å². The Kier molecular flexibility index (Phi) is 2.95. The number of hydrogen-bond acceptors (Lipinski definition) is 1. The Hall–Kier alpha value is -1.76. The zero-order valence-corrected chi connectivity index (χ0v) is 9.66. The molecule has 0 saturated carbocycles. The molecule has 0 amide bonds. The normalized spacial score (nSPS) is 10.2. The van der Waals surface area contributed by atoms with Crippen molar-refractivity contribution in [2.75, 3.05) is 0 Å². The van der Waals surface area contributed by atoms with Crippen molar-refractivity contribution in [1.29, 1.82) is 0 Å². The predicted octanol–water partition coefficient (Wildman–Crippen LogP) is 4.28. The fourth-order valence-electron chi connectivity index (χ4n) is 1.47. The van der Waals surface area contributed by atoms with E-state index in [1.54, 1.807) is 0 Å². The lowest BCUT2D eigenvalue weighted by Gasteiger charge is -2.07. The van der Waals surface area contributed by atoms with Crippen LogP contribution in [0.4, 0.5) is 0 Å². The Balaban J connectivity index is 2.20. The lowest BCUT2D eigenvalue weighted by atomic mass is 10.1. The molecule has 0 unspecified atom stereocenters. The van der Waals surface area contributed by atoms with Crippen LogP contribution in [0.2, 0.25) is 0 Å². The van der Waals surface area contributed by atoms with Gasteiger partial charge < -0.3 is 4.74 Å². The van der Waals surface area contributed by atoms with Crippen molar-refractivity contribution in [3.05, 3.63) is 66.1 Å². The van der Waals surface area contributed by atoms with E-state index in [1.807, 2.05) is 36.4 Å². The monoisotopic (exact) mass is 211 g/mol. The molecule has 1 radical (unpaired) electrons. The van der Waals surface area contributed by atoms with Crippen molar-refractivity contribution in [1.82, 2.24) is 0 Å². The van der Waals surface area contributed by atoms with Gasteiger partial charge in [0, 0.05) is 0 Å². The van der Waals surface area contributed by atoms with Crippen LogP contribution < -0.4 is 4.74 Å². The Morgan fingerprint density at radius 1 is 0.812 bits per heavy atom. The van der Waals surface area contributed by atoms with Crippen LogP contribution in [-0.4, -0.2) is 0 Å². The highest BCUT2D eigenvalue weighted by molar-refractivity contribution is 5.38. The highest BCUT2D eigenvalue weighted by atomic mass is 16.5. The van der Waals surface area contributed by atoms with E-state index in [9.17, 15) is 0 Å². The quantitative estimate of drug-likeness (QED) is 0.720. The zero-order valence-electron chi connectivity index (χ0n) is 9.66. The number of ether oxygens (including phenoxy) is 1. The molecule has 0 saturated heterocycles. The highest BCUT2D eigenvalue weighted by Crippen LogP contribution is 2.23. The molecule has 0 bridgehead atoms. The number of benzene rings is 2. The second-order valence-electron chi connectivity index (χ2n) is 3.99. The molecule has 0 aliphatic carbocycles. The minimum Gasteiger partial charge on any atom is -0.457 e. The van der Waals surface area contributed by atoms with Crippen molar-refractivity contribution in [2.45, 2.75) is 13.8 Å². The van der Waals surface area contributed by atoms with Crippen molar-refractivity contribution < 1.29 is 4.74 Å². The SMILES string of the molecule is [CH2]c1ccc(Oc2ccc(C)c(C)c2)cc1. The first-order chi connectivity index (χ1) is 7.65. The van der Waals surface area contributed by atoms with Crippen LogP contribution in [-0.2, 0) is 0 Å². The molecule has 2 aromatic rings. The van der Waals surface area contributed by atoms with Gasteiger partial charge in [0.15, 0.2) is 0 Å². The molecule has 0 aliphatic heterocycles. The largest absolute Gasteiger partial charge is 0.457 e. The summed E-state index contributed by atoms with van der Waals surface area (Å²) in [7, 11) is 0. The maximum Gasteiger partial charge on any atom is 0.127 e. The van der Waals surface area contributed by atoms with E-state index in [0.717, 1.165) is 17.1 Å². The van der Waals surface area contributed by atoms with Crippen molar-refractivity contribution in [2.24, 2.45) is 0 Å². The van der Waals surface area contributed by atoms with Crippen LogP contribution in [0.3, 0.4) is 0 Å². The van der Waals surface area contributed by atoms with Gasteiger partial charge in [0.05, 0.1) is 0 Å². The summed E-state index contributed by atoms with van der Waals surface area (Å²) in [6, 6.07) is 13.8. The standard InChI is InChI=1S/C15H15O/c1-11-4-7-14(8-5-11)16-15-9-6-12(2)13(3)10-15/h4-10H,1H2,2-3H3.